The zero-order valence-electron chi connectivity index (χ0n) is 10.6. The van der Waals surface area contributed by atoms with Gasteiger partial charge in [-0.3, -0.25) is 5.43 Å². The topological polar surface area (TPSA) is 75.2 Å². The summed E-state index contributed by atoms with van der Waals surface area (Å²) in [4.78, 5) is 2.31. The number of hydrogen-bond donors (Lipinski definition) is 1. The molecule has 0 amide bonds. The highest BCUT2D eigenvalue weighted by molar-refractivity contribution is 6.10. The van der Waals surface area contributed by atoms with Crippen LogP contribution in [0.3, 0.4) is 0 Å². The van der Waals surface area contributed by atoms with E-state index < -0.39 is 0 Å². The van der Waals surface area contributed by atoms with Crippen molar-refractivity contribution in [3.05, 3.63) is 24.3 Å². The van der Waals surface area contributed by atoms with Crippen LogP contribution in [0.1, 0.15) is 19.3 Å². The van der Waals surface area contributed by atoms with Crippen molar-refractivity contribution in [1.82, 2.24) is 0 Å². The maximum absolute atomic E-state index is 8.67. The fourth-order valence-electron chi connectivity index (χ4n) is 2.17. The molecule has 0 bridgehead atoms. The minimum Gasteiger partial charge on any atom is -0.370 e. The third-order valence-electron chi connectivity index (χ3n) is 3.10. The predicted molar refractivity (Wildman–Crippen MR) is 74.8 cm³/mol. The van der Waals surface area contributed by atoms with Crippen molar-refractivity contribution < 1.29 is 0 Å². The van der Waals surface area contributed by atoms with Gasteiger partial charge in [0.2, 0.25) is 5.71 Å². The summed E-state index contributed by atoms with van der Waals surface area (Å²) in [6.07, 6.45) is 3.66. The van der Waals surface area contributed by atoms with Gasteiger partial charge in [-0.1, -0.05) is 12.1 Å². The van der Waals surface area contributed by atoms with Crippen LogP contribution in [0.15, 0.2) is 29.4 Å². The van der Waals surface area contributed by atoms with E-state index in [2.05, 4.69) is 15.4 Å². The number of anilines is 2. The first-order valence-corrected chi connectivity index (χ1v) is 6.33. The van der Waals surface area contributed by atoms with Crippen LogP contribution in [0, 0.1) is 22.7 Å². The van der Waals surface area contributed by atoms with E-state index in [1.54, 1.807) is 12.1 Å². The number of hydrazone groups is 1. The molecule has 0 aromatic heterocycles. The largest absolute Gasteiger partial charge is 0.370 e. The van der Waals surface area contributed by atoms with Crippen molar-refractivity contribution in [1.29, 1.82) is 10.5 Å². The Morgan fingerprint density at radius 3 is 2.47 bits per heavy atom. The van der Waals surface area contributed by atoms with E-state index in [4.69, 9.17) is 10.5 Å². The number of hydrogen-bond acceptors (Lipinski definition) is 5. The normalized spacial score (nSPS) is 14.1. The summed E-state index contributed by atoms with van der Waals surface area (Å²) in [5.41, 5.74) is 4.54. The van der Waals surface area contributed by atoms with Gasteiger partial charge in [0.1, 0.15) is 12.1 Å². The van der Waals surface area contributed by atoms with E-state index in [-0.39, 0.29) is 5.71 Å². The van der Waals surface area contributed by atoms with Gasteiger partial charge in [-0.05, 0) is 31.4 Å². The summed E-state index contributed by atoms with van der Waals surface area (Å²) in [6, 6.07) is 11.3. The molecule has 5 nitrogen and oxygen atoms in total. The van der Waals surface area contributed by atoms with Crippen molar-refractivity contribution in [2.75, 3.05) is 23.4 Å². The molecule has 1 aromatic rings. The average molecular weight is 253 g/mol. The number of nitriles is 2. The Bertz CT molecular complexity index is 528. The first kappa shape index (κ1) is 12.9. The molecule has 0 aliphatic carbocycles. The molecule has 0 unspecified atom stereocenters. The van der Waals surface area contributed by atoms with Gasteiger partial charge in [-0.2, -0.15) is 15.6 Å². The van der Waals surface area contributed by atoms with Gasteiger partial charge in [0.05, 0.1) is 11.4 Å². The molecule has 1 fully saturated rings. The molecule has 1 aliphatic heterocycles. The van der Waals surface area contributed by atoms with Crippen LogP contribution in [-0.4, -0.2) is 18.8 Å². The zero-order chi connectivity index (χ0) is 13.5. The standard InChI is InChI=1S/C14H15N5/c15-10-12(11-16)17-18-13-6-2-3-7-14(13)19-8-4-1-5-9-19/h2-3,6-7,18H,1,4-5,8-9H2. The molecular weight excluding hydrogens is 238 g/mol. The van der Waals surface area contributed by atoms with Gasteiger partial charge in [0.15, 0.2) is 0 Å². The Hall–Kier alpha value is -2.53. The summed E-state index contributed by atoms with van der Waals surface area (Å²) in [5, 5.41) is 21.1. The third-order valence-corrected chi connectivity index (χ3v) is 3.10. The van der Waals surface area contributed by atoms with E-state index in [9.17, 15) is 0 Å². The van der Waals surface area contributed by atoms with Crippen LogP contribution in [-0.2, 0) is 0 Å². The maximum atomic E-state index is 8.67. The fraction of sp³-hybridized carbons (Fsp3) is 0.357. The maximum Gasteiger partial charge on any atom is 0.237 e. The molecule has 1 heterocycles. The smallest absolute Gasteiger partial charge is 0.237 e. The number of benzene rings is 1. The van der Waals surface area contributed by atoms with Crippen molar-refractivity contribution in [3.8, 4) is 12.1 Å². The molecule has 5 heteroatoms. The minimum absolute atomic E-state index is 0.173. The van der Waals surface area contributed by atoms with Gasteiger partial charge in [0, 0.05) is 13.1 Å². The molecule has 0 radical (unpaired) electrons. The molecule has 2 rings (SSSR count). The summed E-state index contributed by atoms with van der Waals surface area (Å²) < 4.78 is 0. The lowest BCUT2D eigenvalue weighted by atomic mass is 10.1. The number of piperidine rings is 1. The Morgan fingerprint density at radius 2 is 1.79 bits per heavy atom. The molecule has 19 heavy (non-hydrogen) atoms. The number of nitrogens with zero attached hydrogens (tertiary/aromatic N) is 4. The first-order chi connectivity index (χ1) is 9.35. The summed E-state index contributed by atoms with van der Waals surface area (Å²) in [6.45, 7) is 2.07. The second-order valence-corrected chi connectivity index (χ2v) is 4.36. The second kappa shape index (κ2) is 6.42. The quantitative estimate of drug-likeness (QED) is 0.663. The lowest BCUT2D eigenvalue weighted by Gasteiger charge is -2.30. The highest BCUT2D eigenvalue weighted by atomic mass is 15.3. The van der Waals surface area contributed by atoms with E-state index in [1.807, 2.05) is 24.3 Å². The summed E-state index contributed by atoms with van der Waals surface area (Å²) >= 11 is 0. The Kier molecular flexibility index (Phi) is 4.36. The van der Waals surface area contributed by atoms with Crippen molar-refractivity contribution in [2.24, 2.45) is 5.10 Å². The average Bonchev–Trinajstić information content (AvgIpc) is 2.49. The predicted octanol–water partition coefficient (Wildman–Crippen LogP) is 2.49. The monoisotopic (exact) mass is 253 g/mol. The fourth-order valence-corrected chi connectivity index (χ4v) is 2.17. The van der Waals surface area contributed by atoms with E-state index in [0.29, 0.717) is 0 Å². The molecule has 1 aromatic carbocycles. The van der Waals surface area contributed by atoms with Crippen LogP contribution < -0.4 is 10.3 Å². The molecular formula is C14H15N5. The van der Waals surface area contributed by atoms with Gasteiger partial charge in [0.25, 0.3) is 0 Å². The summed E-state index contributed by atoms with van der Waals surface area (Å²) in [7, 11) is 0. The van der Waals surface area contributed by atoms with E-state index in [1.165, 1.54) is 19.3 Å². The van der Waals surface area contributed by atoms with E-state index >= 15 is 0 Å². The lowest BCUT2D eigenvalue weighted by molar-refractivity contribution is 0.578. The van der Waals surface area contributed by atoms with Crippen LogP contribution >= 0.6 is 0 Å². The van der Waals surface area contributed by atoms with E-state index in [0.717, 1.165) is 24.5 Å². The van der Waals surface area contributed by atoms with Crippen LogP contribution in [0.5, 0.6) is 0 Å². The molecule has 1 aliphatic rings. The summed E-state index contributed by atoms with van der Waals surface area (Å²) in [5.74, 6) is 0. The van der Waals surface area contributed by atoms with Crippen LogP contribution in [0.4, 0.5) is 11.4 Å². The molecule has 1 saturated heterocycles. The van der Waals surface area contributed by atoms with Gasteiger partial charge in [-0.25, -0.2) is 0 Å². The number of rotatable bonds is 3. The van der Waals surface area contributed by atoms with Crippen molar-refractivity contribution >= 4 is 17.1 Å². The number of para-hydroxylation sites is 2. The molecule has 0 saturated carbocycles. The van der Waals surface area contributed by atoms with Gasteiger partial charge >= 0.3 is 0 Å². The minimum atomic E-state index is -0.173. The Morgan fingerprint density at radius 1 is 1.11 bits per heavy atom. The lowest BCUT2D eigenvalue weighted by Crippen LogP contribution is -2.29. The highest BCUT2D eigenvalue weighted by Crippen LogP contribution is 2.28. The first-order valence-electron chi connectivity index (χ1n) is 6.33. The van der Waals surface area contributed by atoms with Crippen LogP contribution in [0.2, 0.25) is 0 Å². The molecule has 0 spiro atoms. The molecule has 0 atom stereocenters. The third kappa shape index (κ3) is 3.23. The van der Waals surface area contributed by atoms with Gasteiger partial charge < -0.3 is 4.90 Å². The van der Waals surface area contributed by atoms with Crippen LogP contribution in [0.25, 0.3) is 0 Å². The van der Waals surface area contributed by atoms with Gasteiger partial charge in [-0.15, -0.1) is 0 Å². The second-order valence-electron chi connectivity index (χ2n) is 4.36. The highest BCUT2D eigenvalue weighted by Gasteiger charge is 2.13. The Balaban J connectivity index is 2.19. The Labute approximate surface area is 112 Å². The molecule has 96 valence electrons. The SMILES string of the molecule is N#CC(C#N)=NNc1ccccc1N1CCCCC1. The number of nitrogens with one attached hydrogen (secondary N) is 1. The van der Waals surface area contributed by atoms with Crippen molar-refractivity contribution in [3.63, 3.8) is 0 Å². The van der Waals surface area contributed by atoms with Crippen molar-refractivity contribution in [2.45, 2.75) is 19.3 Å². The molecule has 1 N–H and O–H groups in total. The zero-order valence-corrected chi connectivity index (χ0v) is 10.6.